The van der Waals surface area contributed by atoms with Gasteiger partial charge in [-0.3, -0.25) is 9.59 Å². The van der Waals surface area contributed by atoms with Crippen molar-refractivity contribution in [1.82, 2.24) is 14.7 Å². The Balaban J connectivity index is 1.52. The molecule has 4 rings (SSSR count). The molecule has 40 heavy (non-hydrogen) atoms. The number of nitrogens with zero attached hydrogens (tertiary/aromatic N) is 3. The molecular formula is C31H32Cl2N4O3. The molecule has 0 spiro atoms. The molecule has 1 aromatic heterocycles. The van der Waals surface area contributed by atoms with Gasteiger partial charge in [-0.05, 0) is 29.3 Å². The molecular weight excluding hydrogens is 547 g/mol. The molecule has 0 fully saturated rings. The molecule has 0 radical (unpaired) electrons. The van der Waals surface area contributed by atoms with Crippen molar-refractivity contribution in [3.63, 3.8) is 0 Å². The van der Waals surface area contributed by atoms with Crippen molar-refractivity contribution < 1.29 is 14.3 Å². The number of nitrogens with one attached hydrogen (secondary N) is 1. The number of hydrogen-bond acceptors (Lipinski definition) is 4. The van der Waals surface area contributed by atoms with E-state index in [4.69, 9.17) is 33.0 Å². The van der Waals surface area contributed by atoms with Crippen molar-refractivity contribution in [1.29, 1.82) is 0 Å². The van der Waals surface area contributed by atoms with Crippen molar-refractivity contribution in [3.8, 4) is 5.69 Å². The van der Waals surface area contributed by atoms with Crippen LogP contribution in [-0.2, 0) is 32.9 Å². The molecule has 0 saturated heterocycles. The Kier molecular flexibility index (Phi) is 9.63. The summed E-state index contributed by atoms with van der Waals surface area (Å²) in [6, 6.07) is 26.1. The number of hydrogen-bond donors (Lipinski definition) is 1. The van der Waals surface area contributed by atoms with Crippen LogP contribution in [0.2, 0.25) is 10.0 Å². The smallest absolute Gasteiger partial charge is 0.249 e. The normalized spacial score (nSPS) is 11.3. The summed E-state index contributed by atoms with van der Waals surface area (Å²) in [5.41, 5.74) is 3.02. The summed E-state index contributed by atoms with van der Waals surface area (Å²) in [6.45, 7) is 6.36. The first-order valence-corrected chi connectivity index (χ1v) is 13.6. The molecule has 0 saturated carbocycles. The Morgan fingerprint density at radius 2 is 1.55 bits per heavy atom. The average molecular weight is 580 g/mol. The molecule has 0 aliphatic carbocycles. The number of rotatable bonds is 10. The average Bonchev–Trinajstić information content (AvgIpc) is 3.35. The quantitative estimate of drug-likeness (QED) is 0.228. The number of benzene rings is 3. The highest BCUT2D eigenvalue weighted by Gasteiger charge is 2.23. The van der Waals surface area contributed by atoms with Gasteiger partial charge in [-0.15, -0.1) is 0 Å². The van der Waals surface area contributed by atoms with Crippen molar-refractivity contribution >= 4 is 40.8 Å². The van der Waals surface area contributed by atoms with Crippen LogP contribution < -0.4 is 5.32 Å². The number of halogens is 2. The molecule has 3 aromatic carbocycles. The monoisotopic (exact) mass is 578 g/mol. The predicted octanol–water partition coefficient (Wildman–Crippen LogP) is 6.66. The van der Waals surface area contributed by atoms with Crippen molar-refractivity contribution in [2.45, 2.75) is 39.3 Å². The molecule has 0 atom stereocenters. The lowest BCUT2D eigenvalue weighted by atomic mass is 9.92. The lowest BCUT2D eigenvalue weighted by Crippen LogP contribution is -2.39. The Hall–Kier alpha value is -3.65. The lowest BCUT2D eigenvalue weighted by Gasteiger charge is -2.22. The minimum Gasteiger partial charge on any atom is -0.367 e. The van der Waals surface area contributed by atoms with E-state index in [1.807, 2.05) is 87.5 Å². The first-order chi connectivity index (χ1) is 19.1. The Bertz CT molecular complexity index is 1450. The molecule has 9 heteroatoms. The van der Waals surface area contributed by atoms with Gasteiger partial charge in [0.15, 0.2) is 0 Å². The molecule has 2 amide bonds. The van der Waals surface area contributed by atoms with Gasteiger partial charge >= 0.3 is 0 Å². The van der Waals surface area contributed by atoms with Gasteiger partial charge in [-0.25, -0.2) is 4.68 Å². The van der Waals surface area contributed by atoms with Crippen LogP contribution in [0.1, 0.15) is 37.6 Å². The van der Waals surface area contributed by atoms with Crippen LogP contribution >= 0.6 is 23.2 Å². The van der Waals surface area contributed by atoms with Crippen LogP contribution in [0, 0.1) is 0 Å². The Morgan fingerprint density at radius 3 is 2.17 bits per heavy atom. The van der Waals surface area contributed by atoms with Crippen LogP contribution in [0.25, 0.3) is 5.69 Å². The number of aromatic nitrogens is 2. The SMILES string of the molecule is CC(C)(C)c1cc(NC(=O)CN(Cc2ccccc2)C(=O)COCc2ccccc2)n(-c2ccc(Cl)c(Cl)c2)n1. The van der Waals surface area contributed by atoms with Crippen LogP contribution in [0.5, 0.6) is 0 Å². The maximum atomic E-state index is 13.3. The van der Waals surface area contributed by atoms with E-state index in [1.165, 1.54) is 4.90 Å². The van der Waals surface area contributed by atoms with Crippen molar-refractivity contribution in [3.05, 3.63) is 112 Å². The maximum absolute atomic E-state index is 13.3. The minimum atomic E-state index is -0.367. The minimum absolute atomic E-state index is 0.148. The molecule has 1 heterocycles. The van der Waals surface area contributed by atoms with Gasteiger partial charge in [-0.1, -0.05) is 105 Å². The Morgan fingerprint density at radius 1 is 0.900 bits per heavy atom. The zero-order valence-corrected chi connectivity index (χ0v) is 24.2. The second kappa shape index (κ2) is 13.1. The van der Waals surface area contributed by atoms with Gasteiger partial charge in [0.2, 0.25) is 11.8 Å². The van der Waals surface area contributed by atoms with Crippen molar-refractivity contribution in [2.24, 2.45) is 0 Å². The summed E-state index contributed by atoms with van der Waals surface area (Å²) in [5, 5.41) is 8.46. The number of amides is 2. The fourth-order valence-electron chi connectivity index (χ4n) is 3.96. The van der Waals surface area contributed by atoms with Crippen LogP contribution in [0.15, 0.2) is 84.9 Å². The second-order valence-electron chi connectivity index (χ2n) is 10.4. The third-order valence-corrected chi connectivity index (χ3v) is 6.87. The van der Waals surface area contributed by atoms with Crippen LogP contribution in [-0.4, -0.2) is 39.6 Å². The zero-order chi connectivity index (χ0) is 28.7. The van der Waals surface area contributed by atoms with E-state index in [2.05, 4.69) is 5.32 Å². The van der Waals surface area contributed by atoms with E-state index >= 15 is 0 Å². The molecule has 1 N–H and O–H groups in total. The van der Waals surface area contributed by atoms with E-state index in [0.29, 0.717) is 28.2 Å². The molecule has 0 bridgehead atoms. The van der Waals surface area contributed by atoms with Gasteiger partial charge in [-0.2, -0.15) is 5.10 Å². The molecule has 4 aromatic rings. The number of ether oxygens (including phenoxy) is 1. The fraction of sp³-hybridized carbons (Fsp3) is 0.258. The number of anilines is 1. The molecule has 0 unspecified atom stereocenters. The lowest BCUT2D eigenvalue weighted by molar-refractivity contribution is -0.139. The number of carbonyl (C=O) groups is 2. The highest BCUT2D eigenvalue weighted by Crippen LogP contribution is 2.29. The summed E-state index contributed by atoms with van der Waals surface area (Å²) in [7, 11) is 0. The summed E-state index contributed by atoms with van der Waals surface area (Å²) < 4.78 is 7.30. The second-order valence-corrected chi connectivity index (χ2v) is 11.3. The largest absolute Gasteiger partial charge is 0.367 e. The van der Waals surface area contributed by atoms with Gasteiger partial charge in [0.1, 0.15) is 19.0 Å². The first kappa shape index (κ1) is 29.3. The van der Waals surface area contributed by atoms with E-state index in [9.17, 15) is 9.59 Å². The van der Waals surface area contributed by atoms with Crippen LogP contribution in [0.4, 0.5) is 5.82 Å². The van der Waals surface area contributed by atoms with Gasteiger partial charge in [0.25, 0.3) is 0 Å². The molecule has 0 aliphatic rings. The maximum Gasteiger partial charge on any atom is 0.249 e. The standard InChI is InChI=1S/C31H32Cl2N4O3/c1-31(2,3)27-17-28(37(35-27)24-14-15-25(32)26(33)16-24)34-29(38)19-36(18-22-10-6-4-7-11-22)30(39)21-40-20-23-12-8-5-9-13-23/h4-17H,18-21H2,1-3H3,(H,34,38). The third kappa shape index (κ3) is 7.94. The summed E-state index contributed by atoms with van der Waals surface area (Å²) in [6.07, 6.45) is 0. The first-order valence-electron chi connectivity index (χ1n) is 12.9. The summed E-state index contributed by atoms with van der Waals surface area (Å²) >= 11 is 12.4. The van der Waals surface area contributed by atoms with Crippen molar-refractivity contribution in [2.75, 3.05) is 18.5 Å². The number of carbonyl (C=O) groups excluding carboxylic acids is 2. The van der Waals surface area contributed by atoms with E-state index in [1.54, 1.807) is 22.9 Å². The Labute approximate surface area is 244 Å². The van der Waals surface area contributed by atoms with E-state index < -0.39 is 0 Å². The highest BCUT2D eigenvalue weighted by atomic mass is 35.5. The van der Waals surface area contributed by atoms with E-state index in [-0.39, 0.29) is 36.9 Å². The van der Waals surface area contributed by atoms with Crippen LogP contribution in [0.3, 0.4) is 0 Å². The zero-order valence-electron chi connectivity index (χ0n) is 22.7. The van der Waals surface area contributed by atoms with Gasteiger partial charge in [0.05, 0.1) is 28.0 Å². The fourth-order valence-corrected chi connectivity index (χ4v) is 4.26. The predicted molar refractivity (Wildman–Crippen MR) is 159 cm³/mol. The third-order valence-electron chi connectivity index (χ3n) is 6.13. The molecule has 0 aliphatic heterocycles. The summed E-state index contributed by atoms with van der Waals surface area (Å²) in [4.78, 5) is 28.0. The topological polar surface area (TPSA) is 76.5 Å². The molecule has 208 valence electrons. The summed E-state index contributed by atoms with van der Waals surface area (Å²) in [5.74, 6) is -0.196. The highest BCUT2D eigenvalue weighted by molar-refractivity contribution is 6.42. The molecule has 7 nitrogen and oxygen atoms in total. The van der Waals surface area contributed by atoms with Gasteiger partial charge < -0.3 is 15.0 Å². The van der Waals surface area contributed by atoms with E-state index in [0.717, 1.165) is 16.8 Å². The van der Waals surface area contributed by atoms with Gasteiger partial charge in [0, 0.05) is 18.0 Å².